The highest BCUT2D eigenvalue weighted by atomic mass is 19.4. The minimum atomic E-state index is -4.78. The van der Waals surface area contributed by atoms with Gasteiger partial charge in [-0.1, -0.05) is 31.4 Å². The Hall–Kier alpha value is -4.02. The predicted octanol–water partition coefficient (Wildman–Crippen LogP) is 6.47. The Bertz CT molecular complexity index is 1310. The number of aromatic nitrogens is 2. The van der Waals surface area contributed by atoms with E-state index in [2.05, 4.69) is 15.2 Å². The monoisotopic (exact) mass is 573 g/mol. The third-order valence-electron chi connectivity index (χ3n) is 7.00. The van der Waals surface area contributed by atoms with Crippen LogP contribution >= 0.6 is 0 Å². The number of carboxylic acids is 1. The van der Waals surface area contributed by atoms with E-state index in [4.69, 9.17) is 9.84 Å². The van der Waals surface area contributed by atoms with Gasteiger partial charge >= 0.3 is 12.3 Å². The van der Waals surface area contributed by atoms with Crippen LogP contribution in [0.3, 0.4) is 0 Å². The standard InChI is InChI=1S/C30H34F3N3O5/c1-19(2)40-29-25(18-36(35-29)23-12-14-24(15-13-23)41-30(31,32)33)27(20-6-4-3-5-7-20)21-8-10-22(11-9-21)28(39)34-17-16-26(37)38/h8-15,18-20,27H,3-7,16-17H2,1-2H3,(H,34,39)(H,37,38). The number of alkyl halides is 3. The van der Waals surface area contributed by atoms with Crippen LogP contribution in [0.15, 0.2) is 54.7 Å². The van der Waals surface area contributed by atoms with Gasteiger partial charge in [0, 0.05) is 29.8 Å². The third-order valence-corrected chi connectivity index (χ3v) is 7.00. The van der Waals surface area contributed by atoms with Crippen molar-refractivity contribution < 1.29 is 37.3 Å². The summed E-state index contributed by atoms with van der Waals surface area (Å²) < 4.78 is 49.6. The van der Waals surface area contributed by atoms with E-state index < -0.39 is 12.3 Å². The van der Waals surface area contributed by atoms with Gasteiger partial charge in [-0.2, -0.15) is 0 Å². The number of aliphatic carboxylic acids is 1. The van der Waals surface area contributed by atoms with Crippen LogP contribution in [0.4, 0.5) is 13.2 Å². The van der Waals surface area contributed by atoms with Crippen molar-refractivity contribution in [1.82, 2.24) is 15.1 Å². The smallest absolute Gasteiger partial charge is 0.481 e. The zero-order valence-corrected chi connectivity index (χ0v) is 23.0. The van der Waals surface area contributed by atoms with Gasteiger partial charge < -0.3 is 19.9 Å². The Balaban J connectivity index is 1.67. The normalized spacial score (nSPS) is 15.0. The van der Waals surface area contributed by atoms with Crippen molar-refractivity contribution in [3.8, 4) is 17.3 Å². The van der Waals surface area contributed by atoms with Gasteiger partial charge in [-0.15, -0.1) is 18.3 Å². The van der Waals surface area contributed by atoms with E-state index in [9.17, 15) is 22.8 Å². The summed E-state index contributed by atoms with van der Waals surface area (Å²) in [6, 6.07) is 12.8. The second kappa shape index (κ2) is 13.1. The molecule has 1 saturated carbocycles. The summed E-state index contributed by atoms with van der Waals surface area (Å²) in [6.07, 6.45) is 2.15. The van der Waals surface area contributed by atoms with Crippen LogP contribution in [-0.2, 0) is 4.79 Å². The average Bonchev–Trinajstić information content (AvgIpc) is 3.31. The third kappa shape index (κ3) is 8.25. The first-order valence-corrected chi connectivity index (χ1v) is 13.7. The number of carbonyl (C=O) groups is 2. The van der Waals surface area contributed by atoms with Crippen molar-refractivity contribution in [2.75, 3.05) is 6.54 Å². The summed E-state index contributed by atoms with van der Waals surface area (Å²) in [5, 5.41) is 16.1. The topological polar surface area (TPSA) is 103 Å². The summed E-state index contributed by atoms with van der Waals surface area (Å²) in [7, 11) is 0. The van der Waals surface area contributed by atoms with Crippen molar-refractivity contribution in [3.05, 3.63) is 71.4 Å². The highest BCUT2D eigenvalue weighted by Crippen LogP contribution is 2.44. The van der Waals surface area contributed by atoms with Gasteiger partial charge in [0.1, 0.15) is 5.75 Å². The van der Waals surface area contributed by atoms with E-state index in [1.165, 1.54) is 30.7 Å². The highest BCUT2D eigenvalue weighted by molar-refractivity contribution is 5.94. The van der Waals surface area contributed by atoms with Gasteiger partial charge in [0.2, 0.25) is 5.88 Å². The van der Waals surface area contributed by atoms with Gasteiger partial charge in [0.15, 0.2) is 0 Å². The van der Waals surface area contributed by atoms with E-state index in [0.717, 1.165) is 36.8 Å². The molecule has 1 aliphatic rings. The summed E-state index contributed by atoms with van der Waals surface area (Å²) >= 11 is 0. The Morgan fingerprint density at radius 3 is 2.29 bits per heavy atom. The van der Waals surface area contributed by atoms with E-state index in [0.29, 0.717) is 23.0 Å². The second-order valence-corrected chi connectivity index (χ2v) is 10.4. The lowest BCUT2D eigenvalue weighted by Crippen LogP contribution is -2.26. The van der Waals surface area contributed by atoms with Gasteiger partial charge in [0.05, 0.1) is 18.2 Å². The molecule has 11 heteroatoms. The van der Waals surface area contributed by atoms with E-state index in [1.807, 2.05) is 32.2 Å². The molecule has 2 aromatic carbocycles. The molecule has 2 N–H and O–H groups in total. The maximum absolute atomic E-state index is 12.6. The second-order valence-electron chi connectivity index (χ2n) is 10.4. The molecular weight excluding hydrogens is 539 g/mol. The fraction of sp³-hybridized carbons (Fsp3) is 0.433. The molecule has 1 unspecified atom stereocenters. The van der Waals surface area contributed by atoms with E-state index in [-0.39, 0.29) is 36.6 Å². The largest absolute Gasteiger partial charge is 0.573 e. The first kappa shape index (κ1) is 30.0. The molecule has 1 aliphatic carbocycles. The maximum atomic E-state index is 12.6. The van der Waals surface area contributed by atoms with Gasteiger partial charge in [0.25, 0.3) is 5.91 Å². The minimum Gasteiger partial charge on any atom is -0.481 e. The molecular formula is C30H34F3N3O5. The Kier molecular flexibility index (Phi) is 9.57. The molecule has 1 atom stereocenters. The lowest BCUT2D eigenvalue weighted by molar-refractivity contribution is -0.274. The van der Waals surface area contributed by atoms with Crippen LogP contribution in [0.2, 0.25) is 0 Å². The lowest BCUT2D eigenvalue weighted by atomic mass is 9.74. The van der Waals surface area contributed by atoms with Crippen LogP contribution < -0.4 is 14.8 Å². The Labute approximate surface area is 236 Å². The van der Waals surface area contributed by atoms with Crippen molar-refractivity contribution >= 4 is 11.9 Å². The van der Waals surface area contributed by atoms with Gasteiger partial charge in [-0.25, -0.2) is 4.68 Å². The van der Waals surface area contributed by atoms with Crippen LogP contribution in [0.5, 0.6) is 11.6 Å². The van der Waals surface area contributed by atoms with E-state index >= 15 is 0 Å². The number of carboxylic acid groups (broad SMARTS) is 1. The van der Waals surface area contributed by atoms with Crippen molar-refractivity contribution in [3.63, 3.8) is 0 Å². The predicted molar refractivity (Wildman–Crippen MR) is 145 cm³/mol. The number of benzene rings is 2. The number of nitrogens with one attached hydrogen (secondary N) is 1. The molecule has 0 radical (unpaired) electrons. The fourth-order valence-electron chi connectivity index (χ4n) is 5.23. The fourth-order valence-corrected chi connectivity index (χ4v) is 5.23. The highest BCUT2D eigenvalue weighted by Gasteiger charge is 2.32. The molecule has 1 heterocycles. The summed E-state index contributed by atoms with van der Waals surface area (Å²) in [4.78, 5) is 23.3. The van der Waals surface area contributed by atoms with Crippen LogP contribution in [0, 0.1) is 5.92 Å². The Morgan fingerprint density at radius 2 is 1.71 bits per heavy atom. The molecule has 0 aliphatic heterocycles. The average molecular weight is 574 g/mol. The molecule has 4 rings (SSSR count). The van der Waals surface area contributed by atoms with Gasteiger partial charge in [-0.3, -0.25) is 9.59 Å². The quantitative estimate of drug-likeness (QED) is 0.272. The first-order valence-electron chi connectivity index (χ1n) is 13.7. The number of ether oxygens (including phenoxy) is 2. The van der Waals surface area contributed by atoms with Gasteiger partial charge in [-0.05, 0) is 74.6 Å². The first-order chi connectivity index (χ1) is 19.5. The molecule has 1 aromatic heterocycles. The molecule has 1 amide bonds. The van der Waals surface area contributed by atoms with Crippen molar-refractivity contribution in [2.45, 2.75) is 70.8 Å². The number of halogens is 3. The molecule has 0 saturated heterocycles. The van der Waals surface area contributed by atoms with Crippen molar-refractivity contribution in [1.29, 1.82) is 0 Å². The number of carbonyl (C=O) groups excluding carboxylic acids is 1. The molecule has 8 nitrogen and oxygen atoms in total. The molecule has 0 spiro atoms. The maximum Gasteiger partial charge on any atom is 0.573 e. The molecule has 1 fully saturated rings. The van der Waals surface area contributed by atoms with Crippen LogP contribution in [-0.4, -0.2) is 45.8 Å². The number of rotatable bonds is 11. The summed E-state index contributed by atoms with van der Waals surface area (Å²) in [5.74, 6) is -0.993. The van der Waals surface area contributed by atoms with E-state index in [1.54, 1.807) is 16.8 Å². The molecule has 41 heavy (non-hydrogen) atoms. The number of nitrogens with zero attached hydrogens (tertiary/aromatic N) is 2. The zero-order chi connectivity index (χ0) is 29.6. The van der Waals surface area contributed by atoms with Crippen LogP contribution in [0.1, 0.15) is 79.8 Å². The molecule has 220 valence electrons. The summed E-state index contributed by atoms with van der Waals surface area (Å²) in [5.41, 5.74) is 2.83. The van der Waals surface area contributed by atoms with Crippen LogP contribution in [0.25, 0.3) is 5.69 Å². The lowest BCUT2D eigenvalue weighted by Gasteiger charge is -2.31. The SMILES string of the molecule is CC(C)Oc1nn(-c2ccc(OC(F)(F)F)cc2)cc1C(c1ccc(C(=O)NCCC(=O)O)cc1)C1CCCCC1. The zero-order valence-electron chi connectivity index (χ0n) is 23.0. The number of hydrogen-bond donors (Lipinski definition) is 2. The summed E-state index contributed by atoms with van der Waals surface area (Å²) in [6.45, 7) is 3.85. The molecule has 0 bridgehead atoms. The number of amides is 1. The minimum absolute atomic E-state index is 0.0407. The van der Waals surface area contributed by atoms with Crippen molar-refractivity contribution in [2.24, 2.45) is 5.92 Å². The number of hydrogen-bond acceptors (Lipinski definition) is 5. The Morgan fingerprint density at radius 1 is 1.05 bits per heavy atom. The molecule has 3 aromatic rings.